The van der Waals surface area contributed by atoms with Crippen molar-refractivity contribution in [2.24, 2.45) is 5.92 Å². The summed E-state index contributed by atoms with van der Waals surface area (Å²) in [6.45, 7) is 1.37. The van der Waals surface area contributed by atoms with Crippen molar-refractivity contribution in [1.82, 2.24) is 9.97 Å². The molecule has 1 fully saturated rings. The Morgan fingerprint density at radius 3 is 3.03 bits per heavy atom. The fourth-order valence-corrected chi connectivity index (χ4v) is 5.20. The SMILES string of the molecule is O=C(Nc1nc(-c2ccco2)cs1)C1CCCN(c2nc3c(F)cccc3s2)C1. The van der Waals surface area contributed by atoms with Crippen molar-refractivity contribution in [2.75, 3.05) is 23.3 Å². The molecule has 0 aliphatic carbocycles. The summed E-state index contributed by atoms with van der Waals surface area (Å²) < 4.78 is 20.1. The van der Waals surface area contributed by atoms with Crippen LogP contribution >= 0.6 is 22.7 Å². The lowest BCUT2D eigenvalue weighted by Gasteiger charge is -2.31. The minimum absolute atomic E-state index is 0.0534. The second kappa shape index (κ2) is 7.57. The van der Waals surface area contributed by atoms with Crippen LogP contribution in [-0.4, -0.2) is 29.0 Å². The van der Waals surface area contributed by atoms with Crippen LogP contribution < -0.4 is 10.2 Å². The van der Waals surface area contributed by atoms with E-state index in [1.54, 1.807) is 18.4 Å². The first-order valence-corrected chi connectivity index (χ1v) is 11.0. The number of rotatable bonds is 4. The minimum atomic E-state index is -0.313. The molecule has 5 rings (SSSR count). The number of para-hydroxylation sites is 1. The Kier molecular flexibility index (Phi) is 4.76. The van der Waals surface area contributed by atoms with Crippen molar-refractivity contribution >= 4 is 49.1 Å². The smallest absolute Gasteiger partial charge is 0.231 e. The summed E-state index contributed by atoms with van der Waals surface area (Å²) >= 11 is 2.83. The quantitative estimate of drug-likeness (QED) is 0.495. The first-order valence-electron chi connectivity index (χ1n) is 9.27. The molecule has 1 aliphatic rings. The predicted octanol–water partition coefficient (Wildman–Crippen LogP) is 5.01. The second-order valence-corrected chi connectivity index (χ2v) is 8.74. The maximum absolute atomic E-state index is 14.0. The van der Waals surface area contributed by atoms with Gasteiger partial charge in [0.1, 0.15) is 17.0 Å². The molecule has 6 nitrogen and oxygen atoms in total. The van der Waals surface area contributed by atoms with Crippen molar-refractivity contribution in [2.45, 2.75) is 12.8 Å². The van der Waals surface area contributed by atoms with Crippen molar-refractivity contribution in [1.29, 1.82) is 0 Å². The van der Waals surface area contributed by atoms with Gasteiger partial charge < -0.3 is 14.6 Å². The molecule has 0 spiro atoms. The lowest BCUT2D eigenvalue weighted by atomic mass is 9.97. The van der Waals surface area contributed by atoms with Gasteiger partial charge in [-0.1, -0.05) is 17.4 Å². The third-order valence-electron chi connectivity index (χ3n) is 4.93. The summed E-state index contributed by atoms with van der Waals surface area (Å²) in [5, 5.41) is 6.10. The standard InChI is InChI=1S/C20H17FN4O2S2/c21-13-5-1-7-16-17(13)23-20(29-16)25-8-2-4-12(10-25)18(26)24-19-22-14(11-28-19)15-6-3-9-27-15/h1,3,5-7,9,11-12H,2,4,8,10H2,(H,22,24,26). The summed E-state index contributed by atoms with van der Waals surface area (Å²) in [5.74, 6) is 0.139. The van der Waals surface area contributed by atoms with Gasteiger partial charge in [-0.05, 0) is 37.1 Å². The first kappa shape index (κ1) is 18.3. The van der Waals surface area contributed by atoms with Crippen LogP contribution in [0.3, 0.4) is 0 Å². The fraction of sp³-hybridized carbons (Fsp3) is 0.250. The Bertz CT molecular complexity index is 1150. The topological polar surface area (TPSA) is 71.3 Å². The van der Waals surface area contributed by atoms with Crippen molar-refractivity contribution < 1.29 is 13.6 Å². The molecule has 1 N–H and O–H groups in total. The average Bonchev–Trinajstić information content (AvgIpc) is 3.48. The molecule has 1 aliphatic heterocycles. The number of amides is 1. The maximum Gasteiger partial charge on any atom is 0.231 e. The highest BCUT2D eigenvalue weighted by Crippen LogP contribution is 2.33. The van der Waals surface area contributed by atoms with E-state index in [2.05, 4.69) is 20.2 Å². The van der Waals surface area contributed by atoms with Crippen molar-refractivity contribution in [3.05, 3.63) is 47.8 Å². The molecule has 1 amide bonds. The Labute approximate surface area is 174 Å². The molecule has 1 aromatic carbocycles. The highest BCUT2D eigenvalue weighted by Gasteiger charge is 2.28. The maximum atomic E-state index is 14.0. The summed E-state index contributed by atoms with van der Waals surface area (Å²) in [4.78, 5) is 23.8. The molecule has 4 heterocycles. The van der Waals surface area contributed by atoms with Gasteiger partial charge in [-0.25, -0.2) is 14.4 Å². The molecule has 4 aromatic rings. The van der Waals surface area contributed by atoms with Gasteiger partial charge in [-0.3, -0.25) is 4.79 Å². The lowest BCUT2D eigenvalue weighted by molar-refractivity contribution is -0.120. The lowest BCUT2D eigenvalue weighted by Crippen LogP contribution is -2.40. The van der Waals surface area contributed by atoms with Gasteiger partial charge in [-0.15, -0.1) is 11.3 Å². The predicted molar refractivity (Wildman–Crippen MR) is 113 cm³/mol. The third kappa shape index (κ3) is 3.63. The monoisotopic (exact) mass is 428 g/mol. The summed E-state index contributed by atoms with van der Waals surface area (Å²) in [6, 6.07) is 8.62. The molecule has 1 saturated heterocycles. The van der Waals surface area contributed by atoms with E-state index in [-0.39, 0.29) is 17.6 Å². The molecule has 3 aromatic heterocycles. The first-order chi connectivity index (χ1) is 14.2. The molecular formula is C20H17FN4O2S2. The third-order valence-corrected chi connectivity index (χ3v) is 6.77. The van der Waals surface area contributed by atoms with Gasteiger partial charge in [0, 0.05) is 18.5 Å². The number of nitrogens with one attached hydrogen (secondary N) is 1. The van der Waals surface area contributed by atoms with Crippen LogP contribution in [0.5, 0.6) is 0 Å². The van der Waals surface area contributed by atoms with E-state index >= 15 is 0 Å². The number of nitrogens with zero attached hydrogens (tertiary/aromatic N) is 3. The summed E-state index contributed by atoms with van der Waals surface area (Å²) in [5.41, 5.74) is 1.10. The summed E-state index contributed by atoms with van der Waals surface area (Å²) in [6.07, 6.45) is 3.28. The largest absolute Gasteiger partial charge is 0.463 e. The Balaban J connectivity index is 1.28. The zero-order chi connectivity index (χ0) is 19.8. The van der Waals surface area contributed by atoms with Gasteiger partial charge in [0.25, 0.3) is 0 Å². The number of benzene rings is 1. The molecule has 148 valence electrons. The minimum Gasteiger partial charge on any atom is -0.463 e. The summed E-state index contributed by atoms with van der Waals surface area (Å²) in [7, 11) is 0. The highest BCUT2D eigenvalue weighted by atomic mass is 32.1. The zero-order valence-corrected chi connectivity index (χ0v) is 16.9. The van der Waals surface area contributed by atoms with E-state index in [1.807, 2.05) is 17.5 Å². The number of fused-ring (bicyclic) bond motifs is 1. The molecule has 29 heavy (non-hydrogen) atoms. The average molecular weight is 429 g/mol. The number of furan rings is 1. The Morgan fingerprint density at radius 1 is 1.28 bits per heavy atom. The zero-order valence-electron chi connectivity index (χ0n) is 15.3. The number of hydrogen-bond acceptors (Lipinski definition) is 7. The van der Waals surface area contributed by atoms with Gasteiger partial charge in [-0.2, -0.15) is 0 Å². The number of halogens is 1. The highest BCUT2D eigenvalue weighted by molar-refractivity contribution is 7.22. The van der Waals surface area contributed by atoms with E-state index in [0.29, 0.717) is 28.6 Å². The van der Waals surface area contributed by atoms with Crippen LogP contribution in [0.4, 0.5) is 14.7 Å². The van der Waals surface area contributed by atoms with Gasteiger partial charge in [0.05, 0.1) is 16.9 Å². The molecule has 1 unspecified atom stereocenters. The van der Waals surface area contributed by atoms with Crippen LogP contribution in [-0.2, 0) is 4.79 Å². The van der Waals surface area contributed by atoms with E-state index in [4.69, 9.17) is 4.42 Å². The molecule has 0 radical (unpaired) electrons. The fourth-order valence-electron chi connectivity index (χ4n) is 3.48. The Morgan fingerprint density at radius 2 is 2.21 bits per heavy atom. The number of carbonyl (C=O) groups excluding carboxylic acids is 1. The van der Waals surface area contributed by atoms with Crippen molar-refractivity contribution in [3.8, 4) is 11.5 Å². The number of piperidine rings is 1. The van der Waals surface area contributed by atoms with Gasteiger partial charge in [0.2, 0.25) is 5.91 Å². The number of aromatic nitrogens is 2. The molecule has 0 bridgehead atoms. The second-order valence-electron chi connectivity index (χ2n) is 6.87. The number of carbonyl (C=O) groups is 1. The van der Waals surface area contributed by atoms with Crippen LogP contribution in [0.1, 0.15) is 12.8 Å². The van der Waals surface area contributed by atoms with Gasteiger partial charge in [0.15, 0.2) is 16.0 Å². The molecule has 1 atom stereocenters. The number of thiazole rings is 2. The van der Waals surface area contributed by atoms with Crippen LogP contribution in [0.2, 0.25) is 0 Å². The van der Waals surface area contributed by atoms with E-state index in [1.165, 1.54) is 28.7 Å². The van der Waals surface area contributed by atoms with Gasteiger partial charge >= 0.3 is 0 Å². The van der Waals surface area contributed by atoms with E-state index < -0.39 is 0 Å². The van der Waals surface area contributed by atoms with Crippen LogP contribution in [0.15, 0.2) is 46.4 Å². The van der Waals surface area contributed by atoms with E-state index in [9.17, 15) is 9.18 Å². The van der Waals surface area contributed by atoms with Crippen LogP contribution in [0, 0.1) is 11.7 Å². The number of anilines is 2. The molecular weight excluding hydrogens is 411 g/mol. The molecule has 0 saturated carbocycles. The van der Waals surface area contributed by atoms with E-state index in [0.717, 1.165) is 29.2 Å². The van der Waals surface area contributed by atoms with Crippen LogP contribution in [0.25, 0.3) is 21.7 Å². The normalized spacial score (nSPS) is 17.0. The Hall–Kier alpha value is -2.78. The number of hydrogen-bond donors (Lipinski definition) is 1. The van der Waals surface area contributed by atoms with Crippen molar-refractivity contribution in [3.63, 3.8) is 0 Å². The molecule has 9 heteroatoms.